The fourth-order valence-corrected chi connectivity index (χ4v) is 3.51. The van der Waals surface area contributed by atoms with Crippen molar-refractivity contribution in [1.82, 2.24) is 4.90 Å². The number of rotatable bonds is 6. The standard InChI is InChI=1S/C16H21NO2S.C2H2O4/c18-15-3-6-17(12-15)7-9-19-8-4-13-1-2-14-5-10-20-16(14)11-13;3-1(4)2(5)6/h1-2,5,10-11,15,18H,3-4,6-9,12H2;(H,3,4)(H,5,6). The number of thiophene rings is 1. The third kappa shape index (κ3) is 6.72. The van der Waals surface area contributed by atoms with Crippen LogP contribution in [-0.2, 0) is 20.7 Å². The molecule has 0 amide bonds. The summed E-state index contributed by atoms with van der Waals surface area (Å²) in [4.78, 5) is 20.5. The zero-order chi connectivity index (χ0) is 18.9. The molecule has 2 aromatic rings. The van der Waals surface area contributed by atoms with Crippen molar-refractivity contribution in [1.29, 1.82) is 0 Å². The minimum Gasteiger partial charge on any atom is -0.473 e. The predicted molar refractivity (Wildman–Crippen MR) is 98.7 cm³/mol. The first-order valence-corrected chi connectivity index (χ1v) is 9.24. The van der Waals surface area contributed by atoms with Gasteiger partial charge in [0.15, 0.2) is 0 Å². The molecular formula is C18H23NO6S. The number of β-amino-alcohol motifs (C(OH)–C–C–N with tert-alkyl or cyclic N) is 1. The Hall–Kier alpha value is -2.00. The van der Waals surface area contributed by atoms with Gasteiger partial charge in [0.2, 0.25) is 0 Å². The van der Waals surface area contributed by atoms with Gasteiger partial charge in [-0.1, -0.05) is 12.1 Å². The Morgan fingerprint density at radius 2 is 1.96 bits per heavy atom. The predicted octanol–water partition coefficient (Wildman–Crippen LogP) is 1.68. The third-order valence-corrected chi connectivity index (χ3v) is 4.92. The van der Waals surface area contributed by atoms with Gasteiger partial charge in [-0.25, -0.2) is 9.59 Å². The molecule has 1 aliphatic heterocycles. The molecule has 0 saturated carbocycles. The highest BCUT2D eigenvalue weighted by Crippen LogP contribution is 2.22. The van der Waals surface area contributed by atoms with E-state index in [9.17, 15) is 5.11 Å². The summed E-state index contributed by atoms with van der Waals surface area (Å²) < 4.78 is 7.06. The number of fused-ring (bicyclic) bond motifs is 1. The van der Waals surface area contributed by atoms with E-state index in [2.05, 4.69) is 34.5 Å². The number of hydrogen-bond acceptors (Lipinski definition) is 6. The van der Waals surface area contributed by atoms with Crippen LogP contribution in [0.25, 0.3) is 10.1 Å². The van der Waals surface area contributed by atoms with Crippen molar-refractivity contribution in [3.63, 3.8) is 0 Å². The van der Waals surface area contributed by atoms with E-state index in [0.717, 1.165) is 45.7 Å². The Morgan fingerprint density at radius 1 is 1.19 bits per heavy atom. The van der Waals surface area contributed by atoms with Crippen LogP contribution < -0.4 is 0 Å². The molecule has 1 aromatic heterocycles. The Morgan fingerprint density at radius 3 is 2.62 bits per heavy atom. The van der Waals surface area contributed by atoms with Crippen molar-refractivity contribution in [3.05, 3.63) is 35.2 Å². The molecule has 0 radical (unpaired) electrons. The maximum Gasteiger partial charge on any atom is 0.414 e. The molecule has 8 heteroatoms. The molecule has 1 fully saturated rings. The van der Waals surface area contributed by atoms with Crippen LogP contribution in [0, 0.1) is 0 Å². The summed E-state index contributed by atoms with van der Waals surface area (Å²) in [5.74, 6) is -3.65. The Balaban J connectivity index is 0.000000352. The minimum absolute atomic E-state index is 0.132. The monoisotopic (exact) mass is 381 g/mol. The van der Waals surface area contributed by atoms with Crippen LogP contribution in [0.2, 0.25) is 0 Å². The number of benzene rings is 1. The number of likely N-dealkylation sites (tertiary alicyclic amines) is 1. The largest absolute Gasteiger partial charge is 0.473 e. The number of aliphatic hydroxyl groups excluding tert-OH is 1. The maximum atomic E-state index is 9.44. The Bertz CT molecular complexity index is 719. The number of ether oxygens (including phenoxy) is 1. The van der Waals surface area contributed by atoms with Crippen molar-refractivity contribution < 1.29 is 29.6 Å². The first-order valence-electron chi connectivity index (χ1n) is 8.36. The van der Waals surface area contributed by atoms with Crippen LogP contribution in [0.3, 0.4) is 0 Å². The molecule has 1 aromatic carbocycles. The van der Waals surface area contributed by atoms with Crippen molar-refractivity contribution in [2.75, 3.05) is 32.8 Å². The van der Waals surface area contributed by atoms with Crippen molar-refractivity contribution in [2.24, 2.45) is 0 Å². The lowest BCUT2D eigenvalue weighted by Crippen LogP contribution is -2.26. The van der Waals surface area contributed by atoms with E-state index in [1.54, 1.807) is 11.3 Å². The van der Waals surface area contributed by atoms with E-state index in [-0.39, 0.29) is 6.10 Å². The van der Waals surface area contributed by atoms with E-state index < -0.39 is 11.9 Å². The van der Waals surface area contributed by atoms with Gasteiger partial charge in [-0.2, -0.15) is 0 Å². The van der Waals surface area contributed by atoms with Gasteiger partial charge in [0.05, 0.1) is 19.3 Å². The maximum absolute atomic E-state index is 9.44. The molecule has 26 heavy (non-hydrogen) atoms. The van der Waals surface area contributed by atoms with E-state index >= 15 is 0 Å². The summed E-state index contributed by atoms with van der Waals surface area (Å²) in [6.45, 7) is 4.26. The van der Waals surface area contributed by atoms with Gasteiger partial charge in [0.1, 0.15) is 0 Å². The normalized spacial score (nSPS) is 17.0. The molecule has 0 spiro atoms. The zero-order valence-electron chi connectivity index (χ0n) is 14.3. The van der Waals surface area contributed by atoms with Gasteiger partial charge >= 0.3 is 11.9 Å². The lowest BCUT2D eigenvalue weighted by molar-refractivity contribution is -0.159. The summed E-state index contributed by atoms with van der Waals surface area (Å²) in [5, 5.41) is 27.7. The van der Waals surface area contributed by atoms with Crippen LogP contribution in [0.1, 0.15) is 12.0 Å². The van der Waals surface area contributed by atoms with Crippen LogP contribution >= 0.6 is 11.3 Å². The molecule has 7 nitrogen and oxygen atoms in total. The first-order chi connectivity index (χ1) is 12.5. The van der Waals surface area contributed by atoms with Crippen LogP contribution in [-0.4, -0.2) is 71.1 Å². The average Bonchev–Trinajstić information content (AvgIpc) is 3.23. The lowest BCUT2D eigenvalue weighted by Gasteiger charge is -2.14. The number of aliphatic hydroxyl groups is 1. The number of nitrogens with zero attached hydrogens (tertiary/aromatic N) is 1. The van der Waals surface area contributed by atoms with E-state index in [0.29, 0.717) is 0 Å². The topological polar surface area (TPSA) is 107 Å². The fourth-order valence-electron chi connectivity index (χ4n) is 2.66. The van der Waals surface area contributed by atoms with Crippen molar-refractivity contribution in [2.45, 2.75) is 18.9 Å². The average molecular weight is 381 g/mol. The molecule has 0 bridgehead atoms. The summed E-state index contributed by atoms with van der Waals surface area (Å²) in [7, 11) is 0. The smallest absolute Gasteiger partial charge is 0.414 e. The van der Waals surface area contributed by atoms with E-state index in [4.69, 9.17) is 24.5 Å². The molecule has 142 valence electrons. The quantitative estimate of drug-likeness (QED) is 0.516. The van der Waals surface area contributed by atoms with Crippen LogP contribution in [0.5, 0.6) is 0 Å². The molecule has 1 aliphatic rings. The molecule has 1 atom stereocenters. The number of carboxylic acids is 2. The molecule has 3 rings (SSSR count). The highest BCUT2D eigenvalue weighted by molar-refractivity contribution is 7.17. The van der Waals surface area contributed by atoms with Gasteiger partial charge in [0.25, 0.3) is 0 Å². The molecule has 3 N–H and O–H groups in total. The molecule has 0 aliphatic carbocycles. The van der Waals surface area contributed by atoms with Crippen molar-refractivity contribution in [3.8, 4) is 0 Å². The summed E-state index contributed by atoms with van der Waals surface area (Å²) >= 11 is 1.79. The number of carbonyl (C=O) groups is 2. The van der Waals surface area contributed by atoms with E-state index in [1.165, 1.54) is 15.6 Å². The summed E-state index contributed by atoms with van der Waals surface area (Å²) in [5.41, 5.74) is 1.34. The van der Waals surface area contributed by atoms with Gasteiger partial charge in [-0.15, -0.1) is 11.3 Å². The van der Waals surface area contributed by atoms with Crippen LogP contribution in [0.15, 0.2) is 29.6 Å². The lowest BCUT2D eigenvalue weighted by atomic mass is 10.1. The molecular weight excluding hydrogens is 358 g/mol. The Kier molecular flexibility index (Phi) is 7.99. The fraction of sp³-hybridized carbons (Fsp3) is 0.444. The van der Waals surface area contributed by atoms with Gasteiger partial charge in [0, 0.05) is 24.3 Å². The molecule has 2 heterocycles. The number of aliphatic carboxylic acids is 2. The third-order valence-electron chi connectivity index (χ3n) is 4.04. The molecule has 1 unspecified atom stereocenters. The Labute approximate surface area is 155 Å². The van der Waals surface area contributed by atoms with E-state index in [1.807, 2.05) is 0 Å². The van der Waals surface area contributed by atoms with Crippen molar-refractivity contribution >= 4 is 33.4 Å². The SMILES string of the molecule is O=C(O)C(=O)O.OC1CCN(CCOCCc2ccc3ccsc3c2)C1. The second kappa shape index (κ2) is 10.2. The second-order valence-electron chi connectivity index (χ2n) is 6.01. The summed E-state index contributed by atoms with van der Waals surface area (Å²) in [6.07, 6.45) is 1.74. The number of carboxylic acid groups (broad SMARTS) is 2. The number of hydrogen-bond donors (Lipinski definition) is 3. The minimum atomic E-state index is -1.82. The second-order valence-corrected chi connectivity index (χ2v) is 6.96. The van der Waals surface area contributed by atoms with Gasteiger partial charge < -0.3 is 20.1 Å². The first kappa shape index (κ1) is 20.3. The van der Waals surface area contributed by atoms with Crippen LogP contribution in [0.4, 0.5) is 0 Å². The zero-order valence-corrected chi connectivity index (χ0v) is 15.2. The highest BCUT2D eigenvalue weighted by Gasteiger charge is 2.19. The molecule has 1 saturated heterocycles. The highest BCUT2D eigenvalue weighted by atomic mass is 32.1. The summed E-state index contributed by atoms with van der Waals surface area (Å²) in [6, 6.07) is 8.80. The van der Waals surface area contributed by atoms with Gasteiger partial charge in [-0.05, 0) is 41.3 Å². The van der Waals surface area contributed by atoms with Gasteiger partial charge in [-0.3, -0.25) is 4.90 Å².